The Morgan fingerprint density at radius 2 is 1.91 bits per heavy atom. The topological polar surface area (TPSA) is 114 Å². The molecule has 186 valence electrons. The van der Waals surface area contributed by atoms with Gasteiger partial charge in [0.1, 0.15) is 11.1 Å². The molecule has 0 unspecified atom stereocenters. The lowest BCUT2D eigenvalue weighted by Crippen LogP contribution is -2.58. The number of rotatable bonds is 7. The molecule has 1 aromatic heterocycles. The monoisotopic (exact) mass is 543 g/mol. The number of halogens is 1. The van der Waals surface area contributed by atoms with E-state index in [4.69, 9.17) is 15.9 Å². The lowest BCUT2D eigenvalue weighted by Gasteiger charge is -2.37. The first-order chi connectivity index (χ1) is 16.6. The molecule has 3 N–H and O–H groups in total. The van der Waals surface area contributed by atoms with Crippen molar-refractivity contribution in [1.29, 1.82) is 0 Å². The average Bonchev–Trinajstić information content (AvgIpc) is 2.79. The zero-order chi connectivity index (χ0) is 25.5. The van der Waals surface area contributed by atoms with Crippen molar-refractivity contribution < 1.29 is 19.1 Å². The Morgan fingerprint density at radius 1 is 1.20 bits per heavy atom. The first kappa shape index (κ1) is 26.3. The molecule has 1 fully saturated rings. The van der Waals surface area contributed by atoms with Crippen molar-refractivity contribution >= 4 is 45.3 Å². The van der Waals surface area contributed by atoms with Gasteiger partial charge in [0.15, 0.2) is 6.61 Å². The van der Waals surface area contributed by atoms with Gasteiger partial charge in [0, 0.05) is 11.4 Å². The fourth-order valence-corrected chi connectivity index (χ4v) is 4.05. The highest BCUT2D eigenvalue weighted by atomic mass is 79.9. The van der Waals surface area contributed by atoms with Crippen LogP contribution in [-0.2, 0) is 9.53 Å². The minimum atomic E-state index is -1.03. The summed E-state index contributed by atoms with van der Waals surface area (Å²) < 4.78 is 11.4. The molecule has 2 amide bonds. The molecule has 0 aliphatic heterocycles. The van der Waals surface area contributed by atoms with Gasteiger partial charge in [-0.15, -0.1) is 6.42 Å². The molecule has 0 saturated heterocycles. The Kier molecular flexibility index (Phi) is 8.57. The average molecular weight is 544 g/mol. The molecule has 1 heterocycles. The van der Waals surface area contributed by atoms with Crippen LogP contribution in [0.15, 0.2) is 34.9 Å². The van der Waals surface area contributed by atoms with Gasteiger partial charge in [0.05, 0.1) is 10.7 Å². The van der Waals surface area contributed by atoms with Crippen molar-refractivity contribution in [1.82, 2.24) is 15.3 Å². The zero-order valence-electron chi connectivity index (χ0n) is 20.1. The summed E-state index contributed by atoms with van der Waals surface area (Å²) in [4.78, 5) is 34.4. The number of terminal acetylenes is 1. The van der Waals surface area contributed by atoms with Gasteiger partial charge < -0.3 is 25.4 Å². The summed E-state index contributed by atoms with van der Waals surface area (Å²) in [5.74, 6) is 2.74. The molecule has 1 aliphatic carbocycles. The van der Waals surface area contributed by atoms with Crippen LogP contribution in [0.1, 0.15) is 52.9 Å². The summed E-state index contributed by atoms with van der Waals surface area (Å²) in [5, 5.41) is 8.89. The van der Waals surface area contributed by atoms with Crippen molar-refractivity contribution in [3.63, 3.8) is 0 Å². The first-order valence-electron chi connectivity index (χ1n) is 11.4. The van der Waals surface area contributed by atoms with E-state index in [1.165, 1.54) is 0 Å². The summed E-state index contributed by atoms with van der Waals surface area (Å²) in [6.07, 6.45) is 10.0. The molecule has 1 aromatic carbocycles. The molecule has 1 saturated carbocycles. The Balaban J connectivity index is 1.73. The Labute approximate surface area is 213 Å². The van der Waals surface area contributed by atoms with Gasteiger partial charge in [-0.05, 0) is 67.7 Å². The maximum Gasteiger partial charge on any atom is 0.408 e. The van der Waals surface area contributed by atoms with Gasteiger partial charge in [0.25, 0.3) is 0 Å². The quantitative estimate of drug-likeness (QED) is 0.413. The minimum Gasteiger partial charge on any atom is -0.464 e. The number of ether oxygens (including phenoxy) is 2. The van der Waals surface area contributed by atoms with Crippen molar-refractivity contribution in [2.75, 3.05) is 17.2 Å². The molecule has 0 atom stereocenters. The van der Waals surface area contributed by atoms with E-state index in [9.17, 15) is 9.59 Å². The Hall–Kier alpha value is -3.32. The highest BCUT2D eigenvalue weighted by Crippen LogP contribution is 2.31. The zero-order valence-corrected chi connectivity index (χ0v) is 21.7. The molecule has 0 spiro atoms. The third-order valence-corrected chi connectivity index (χ3v) is 5.81. The van der Waals surface area contributed by atoms with Gasteiger partial charge in [-0.1, -0.05) is 31.2 Å². The van der Waals surface area contributed by atoms with Gasteiger partial charge in [-0.3, -0.25) is 4.79 Å². The Morgan fingerprint density at radius 3 is 2.60 bits per heavy atom. The maximum absolute atomic E-state index is 13.4. The third-order valence-electron chi connectivity index (χ3n) is 5.26. The van der Waals surface area contributed by atoms with E-state index in [2.05, 4.69) is 47.8 Å². The van der Waals surface area contributed by atoms with Crippen LogP contribution in [0.5, 0.6) is 5.88 Å². The largest absolute Gasteiger partial charge is 0.464 e. The number of benzene rings is 1. The molecule has 0 radical (unpaired) electrons. The molecular formula is C25H30BrN5O4. The standard InChI is InChI=1S/C25H30BrN5O4/c1-5-14-34-20-19(26)16-27-22(30-20)29-18-11-9-10-17(15-18)28-21(32)25(12-7-6-8-13-25)31-23(33)35-24(2,3)4/h1,9-11,15-16H,6-8,12-14H2,2-4H3,(H,28,32)(H,31,33)(H,27,29,30). The summed E-state index contributed by atoms with van der Waals surface area (Å²) in [7, 11) is 0. The van der Waals surface area contributed by atoms with Crippen LogP contribution in [0.4, 0.5) is 22.1 Å². The van der Waals surface area contributed by atoms with Crippen LogP contribution in [0, 0.1) is 12.3 Å². The van der Waals surface area contributed by atoms with Crippen molar-refractivity contribution in [2.24, 2.45) is 0 Å². The molecule has 2 aromatic rings. The van der Waals surface area contributed by atoms with Crippen LogP contribution in [0.25, 0.3) is 0 Å². The third kappa shape index (κ3) is 7.59. The summed E-state index contributed by atoms with van der Waals surface area (Å²) in [6, 6.07) is 7.14. The molecule has 9 nitrogen and oxygen atoms in total. The summed E-state index contributed by atoms with van der Waals surface area (Å²) in [6.45, 7) is 5.45. The predicted octanol–water partition coefficient (Wildman–Crippen LogP) is 5.16. The molecule has 0 bridgehead atoms. The van der Waals surface area contributed by atoms with Crippen LogP contribution >= 0.6 is 15.9 Å². The second-order valence-electron chi connectivity index (χ2n) is 9.27. The lowest BCUT2D eigenvalue weighted by molar-refractivity contribution is -0.123. The second-order valence-corrected chi connectivity index (χ2v) is 10.1. The van der Waals surface area contributed by atoms with Crippen LogP contribution in [0.3, 0.4) is 0 Å². The summed E-state index contributed by atoms with van der Waals surface area (Å²) >= 11 is 3.33. The maximum atomic E-state index is 13.4. The van der Waals surface area contributed by atoms with Crippen molar-refractivity contribution in [3.8, 4) is 18.2 Å². The van der Waals surface area contributed by atoms with Crippen LogP contribution in [-0.4, -0.2) is 39.7 Å². The fraction of sp³-hybridized carbons (Fsp3) is 0.440. The molecular weight excluding hydrogens is 514 g/mol. The van der Waals surface area contributed by atoms with Gasteiger partial charge in [-0.25, -0.2) is 9.78 Å². The van der Waals surface area contributed by atoms with E-state index in [1.807, 2.05) is 6.07 Å². The number of hydrogen-bond donors (Lipinski definition) is 3. The molecule has 3 rings (SSSR count). The van der Waals surface area contributed by atoms with Gasteiger partial charge >= 0.3 is 6.09 Å². The fourth-order valence-electron chi connectivity index (χ4n) is 3.74. The number of carbonyl (C=O) groups is 2. The highest BCUT2D eigenvalue weighted by Gasteiger charge is 2.42. The van der Waals surface area contributed by atoms with Gasteiger partial charge in [0.2, 0.25) is 17.7 Å². The summed E-state index contributed by atoms with van der Waals surface area (Å²) in [5.41, 5.74) is -0.457. The number of amides is 2. The Bertz CT molecular complexity index is 1100. The second kappa shape index (κ2) is 11.4. The highest BCUT2D eigenvalue weighted by molar-refractivity contribution is 9.10. The van der Waals surface area contributed by atoms with E-state index in [0.717, 1.165) is 19.3 Å². The number of nitrogens with one attached hydrogen (secondary N) is 3. The number of carbonyl (C=O) groups excluding carboxylic acids is 2. The molecule has 35 heavy (non-hydrogen) atoms. The number of hydrogen-bond acceptors (Lipinski definition) is 7. The smallest absolute Gasteiger partial charge is 0.408 e. The molecule has 1 aliphatic rings. The molecule has 10 heteroatoms. The number of alkyl carbamates (subject to hydrolysis) is 1. The normalized spacial score (nSPS) is 14.8. The van der Waals surface area contributed by atoms with Crippen LogP contribution in [0.2, 0.25) is 0 Å². The van der Waals surface area contributed by atoms with Crippen LogP contribution < -0.4 is 20.7 Å². The SMILES string of the molecule is C#CCOc1nc(Nc2cccc(NC(=O)C3(NC(=O)OC(C)(C)C)CCCCC3)c2)ncc1Br. The minimum absolute atomic E-state index is 0.0790. The lowest BCUT2D eigenvalue weighted by atomic mass is 9.81. The number of anilines is 3. The van der Waals surface area contributed by atoms with Crippen molar-refractivity contribution in [3.05, 3.63) is 34.9 Å². The van der Waals surface area contributed by atoms with E-state index < -0.39 is 17.2 Å². The van der Waals surface area contributed by atoms with E-state index in [-0.39, 0.29) is 12.5 Å². The van der Waals surface area contributed by atoms with E-state index >= 15 is 0 Å². The van der Waals surface area contributed by atoms with E-state index in [0.29, 0.717) is 40.5 Å². The van der Waals surface area contributed by atoms with Crippen molar-refractivity contribution in [2.45, 2.75) is 64.0 Å². The van der Waals surface area contributed by atoms with Gasteiger partial charge in [-0.2, -0.15) is 4.98 Å². The predicted molar refractivity (Wildman–Crippen MR) is 138 cm³/mol. The first-order valence-corrected chi connectivity index (χ1v) is 12.2. The number of aromatic nitrogens is 2. The van der Waals surface area contributed by atoms with E-state index in [1.54, 1.807) is 45.2 Å². The number of nitrogens with zero attached hydrogens (tertiary/aromatic N) is 2.